The number of benzene rings is 1. The van der Waals surface area contributed by atoms with Crippen molar-refractivity contribution in [2.24, 2.45) is 0 Å². The third kappa shape index (κ3) is 2.74. The molecule has 25 heavy (non-hydrogen) atoms. The van der Waals surface area contributed by atoms with Gasteiger partial charge in [0, 0.05) is 35.8 Å². The topological polar surface area (TPSA) is 59.0 Å². The molecule has 0 radical (unpaired) electrons. The van der Waals surface area contributed by atoms with Crippen LogP contribution in [0.3, 0.4) is 0 Å². The number of carbonyl (C=O) groups excluding carboxylic acids is 1. The number of carbonyl (C=O) groups is 1. The molecular weight excluding hydrogens is 336 g/mol. The van der Waals surface area contributed by atoms with Crippen LogP contribution in [0.25, 0.3) is 10.9 Å². The number of pyridine rings is 1. The van der Waals surface area contributed by atoms with Gasteiger partial charge in [0.15, 0.2) is 0 Å². The summed E-state index contributed by atoms with van der Waals surface area (Å²) in [7, 11) is 0. The minimum Gasteiger partial charge on any atom is -0.328 e. The van der Waals surface area contributed by atoms with Gasteiger partial charge in [-0.25, -0.2) is 9.97 Å². The summed E-state index contributed by atoms with van der Waals surface area (Å²) in [6.07, 6.45) is 2.62. The summed E-state index contributed by atoms with van der Waals surface area (Å²) in [6, 6.07) is 7.35. The summed E-state index contributed by atoms with van der Waals surface area (Å²) >= 11 is 6.27. The van der Waals surface area contributed by atoms with Crippen LogP contribution in [0.1, 0.15) is 40.1 Å². The monoisotopic (exact) mass is 352 g/mol. The highest BCUT2D eigenvalue weighted by Gasteiger charge is 2.27. The zero-order valence-electron chi connectivity index (χ0n) is 14.1. The van der Waals surface area contributed by atoms with E-state index in [-0.39, 0.29) is 5.91 Å². The largest absolute Gasteiger partial charge is 0.328 e. The van der Waals surface area contributed by atoms with Crippen molar-refractivity contribution in [2.75, 3.05) is 0 Å². The molecule has 0 spiro atoms. The molecule has 4 rings (SSSR count). The molecule has 1 aromatic carbocycles. The molecule has 0 N–H and O–H groups in total. The molecule has 3 aromatic rings. The van der Waals surface area contributed by atoms with Crippen LogP contribution in [-0.2, 0) is 19.5 Å². The predicted octanol–water partition coefficient (Wildman–Crippen LogP) is 3.71. The van der Waals surface area contributed by atoms with E-state index in [4.69, 9.17) is 11.6 Å². The molecule has 1 aliphatic rings. The quantitative estimate of drug-likeness (QED) is 0.705. The molecule has 0 unspecified atom stereocenters. The van der Waals surface area contributed by atoms with E-state index < -0.39 is 0 Å². The van der Waals surface area contributed by atoms with E-state index in [2.05, 4.69) is 15.0 Å². The fraction of sp³-hybridized carbons (Fsp3) is 0.263. The van der Waals surface area contributed by atoms with Gasteiger partial charge in [-0.15, -0.1) is 0 Å². The summed E-state index contributed by atoms with van der Waals surface area (Å²) < 4.78 is 0. The number of nitrogens with zero attached hydrogens (tertiary/aromatic N) is 4. The summed E-state index contributed by atoms with van der Waals surface area (Å²) in [5.74, 6) is 0.777. The summed E-state index contributed by atoms with van der Waals surface area (Å²) in [5.41, 5.74) is 4.01. The lowest BCUT2D eigenvalue weighted by Gasteiger charge is -2.17. The molecule has 1 aliphatic heterocycles. The van der Waals surface area contributed by atoms with Crippen LogP contribution in [-0.4, -0.2) is 25.8 Å². The number of halogens is 1. The minimum atomic E-state index is -0.0335. The average Bonchev–Trinajstić information content (AvgIpc) is 3.04. The van der Waals surface area contributed by atoms with E-state index in [1.54, 1.807) is 11.0 Å². The molecular formula is C19H17ClN4O. The molecule has 6 heteroatoms. The maximum atomic E-state index is 13.2. The Balaban J connectivity index is 1.73. The molecule has 0 bridgehead atoms. The van der Waals surface area contributed by atoms with Gasteiger partial charge >= 0.3 is 0 Å². The van der Waals surface area contributed by atoms with Gasteiger partial charge in [-0.1, -0.05) is 30.7 Å². The first kappa shape index (κ1) is 16.0. The second-order valence-corrected chi connectivity index (χ2v) is 6.63. The van der Waals surface area contributed by atoms with Crippen LogP contribution in [0.5, 0.6) is 0 Å². The van der Waals surface area contributed by atoms with Gasteiger partial charge in [-0.05, 0) is 19.1 Å². The molecule has 0 fully saturated rings. The molecule has 5 nitrogen and oxygen atoms in total. The first-order valence-electron chi connectivity index (χ1n) is 8.25. The van der Waals surface area contributed by atoms with Crippen LogP contribution in [0.2, 0.25) is 5.02 Å². The highest BCUT2D eigenvalue weighted by atomic mass is 35.5. The lowest BCUT2D eigenvalue weighted by Crippen LogP contribution is -2.25. The molecule has 0 saturated carbocycles. The lowest BCUT2D eigenvalue weighted by molar-refractivity contribution is 0.0752. The Bertz CT molecular complexity index is 1000. The number of aryl methyl sites for hydroxylation is 2. The third-order valence-electron chi connectivity index (χ3n) is 4.46. The van der Waals surface area contributed by atoms with Gasteiger partial charge in [-0.2, -0.15) is 0 Å². The number of rotatable bonds is 2. The van der Waals surface area contributed by atoms with E-state index in [1.807, 2.05) is 38.2 Å². The van der Waals surface area contributed by atoms with Crippen molar-refractivity contribution in [3.05, 3.63) is 63.8 Å². The molecule has 1 amide bonds. The molecule has 0 aliphatic carbocycles. The van der Waals surface area contributed by atoms with Crippen LogP contribution in [0.15, 0.2) is 30.5 Å². The first-order chi connectivity index (χ1) is 12.1. The van der Waals surface area contributed by atoms with Crippen molar-refractivity contribution >= 4 is 28.4 Å². The molecule has 3 heterocycles. The molecule has 126 valence electrons. The third-order valence-corrected chi connectivity index (χ3v) is 4.76. The Kier molecular flexibility index (Phi) is 3.88. The fourth-order valence-corrected chi connectivity index (χ4v) is 3.41. The average molecular weight is 353 g/mol. The summed E-state index contributed by atoms with van der Waals surface area (Å²) in [6.45, 7) is 4.93. The van der Waals surface area contributed by atoms with Gasteiger partial charge in [0.25, 0.3) is 5.91 Å². The zero-order valence-corrected chi connectivity index (χ0v) is 14.8. The van der Waals surface area contributed by atoms with E-state index in [0.717, 1.165) is 34.6 Å². The van der Waals surface area contributed by atoms with E-state index in [1.165, 1.54) is 0 Å². The summed E-state index contributed by atoms with van der Waals surface area (Å²) in [5, 5.41) is 1.33. The van der Waals surface area contributed by atoms with Gasteiger partial charge in [0.05, 0.1) is 28.3 Å². The van der Waals surface area contributed by atoms with Crippen molar-refractivity contribution in [3.63, 3.8) is 0 Å². The smallest absolute Gasteiger partial charge is 0.255 e. The Hall–Kier alpha value is -2.53. The Labute approximate surface area is 150 Å². The highest BCUT2D eigenvalue weighted by molar-refractivity contribution is 6.35. The maximum absolute atomic E-state index is 13.2. The maximum Gasteiger partial charge on any atom is 0.255 e. The van der Waals surface area contributed by atoms with Crippen molar-refractivity contribution < 1.29 is 4.79 Å². The van der Waals surface area contributed by atoms with Crippen molar-refractivity contribution in [1.29, 1.82) is 0 Å². The molecule has 0 atom stereocenters. The Morgan fingerprint density at radius 2 is 2.12 bits per heavy atom. The number of para-hydroxylation sites is 1. The molecule has 2 aromatic heterocycles. The first-order valence-corrected chi connectivity index (χ1v) is 8.63. The highest BCUT2D eigenvalue weighted by Crippen LogP contribution is 2.28. The Morgan fingerprint density at radius 3 is 2.92 bits per heavy atom. The zero-order chi connectivity index (χ0) is 17.6. The van der Waals surface area contributed by atoms with Gasteiger partial charge < -0.3 is 4.90 Å². The van der Waals surface area contributed by atoms with Gasteiger partial charge in [0.1, 0.15) is 5.82 Å². The lowest BCUT2D eigenvalue weighted by atomic mass is 10.1. The normalized spacial score (nSPS) is 13.3. The fourth-order valence-electron chi connectivity index (χ4n) is 3.20. The SMILES string of the molecule is CCc1ncc2c(n1)CN(C(=O)c1cc(C)nc3c(Cl)cccc13)C2. The summed E-state index contributed by atoms with van der Waals surface area (Å²) in [4.78, 5) is 28.3. The van der Waals surface area contributed by atoms with Crippen molar-refractivity contribution in [2.45, 2.75) is 33.4 Å². The number of fused-ring (bicyclic) bond motifs is 2. The second kappa shape index (κ2) is 6.08. The van der Waals surface area contributed by atoms with Gasteiger partial charge in [0.2, 0.25) is 0 Å². The van der Waals surface area contributed by atoms with E-state index >= 15 is 0 Å². The minimum absolute atomic E-state index is 0.0335. The number of amides is 1. The molecule has 0 saturated heterocycles. The number of hydrogen-bond donors (Lipinski definition) is 0. The van der Waals surface area contributed by atoms with Crippen molar-refractivity contribution in [1.82, 2.24) is 19.9 Å². The van der Waals surface area contributed by atoms with Crippen LogP contribution < -0.4 is 0 Å². The number of aromatic nitrogens is 3. The van der Waals surface area contributed by atoms with E-state index in [0.29, 0.717) is 29.2 Å². The van der Waals surface area contributed by atoms with E-state index in [9.17, 15) is 4.79 Å². The van der Waals surface area contributed by atoms with Crippen molar-refractivity contribution in [3.8, 4) is 0 Å². The van der Waals surface area contributed by atoms with Crippen LogP contribution in [0, 0.1) is 6.92 Å². The van der Waals surface area contributed by atoms with Gasteiger partial charge in [-0.3, -0.25) is 9.78 Å². The van der Waals surface area contributed by atoms with Crippen LogP contribution in [0.4, 0.5) is 0 Å². The van der Waals surface area contributed by atoms with Crippen LogP contribution >= 0.6 is 11.6 Å². The number of hydrogen-bond acceptors (Lipinski definition) is 4. The predicted molar refractivity (Wildman–Crippen MR) is 96.5 cm³/mol. The Morgan fingerprint density at radius 1 is 1.28 bits per heavy atom. The second-order valence-electron chi connectivity index (χ2n) is 6.22. The standard InChI is InChI=1S/C19H17ClN4O/c1-3-17-21-8-12-9-24(10-16(12)23-17)19(25)14-7-11(2)22-18-13(14)5-4-6-15(18)20/h4-8H,3,9-10H2,1-2H3.